The van der Waals surface area contributed by atoms with Crippen molar-refractivity contribution >= 4 is 0 Å². The number of rotatable bonds is 3. The molecule has 4 fully saturated rings. The zero-order valence-electron chi connectivity index (χ0n) is 19.8. The van der Waals surface area contributed by atoms with E-state index in [9.17, 15) is 0 Å². The third-order valence-electron chi connectivity index (χ3n) is 8.26. The van der Waals surface area contributed by atoms with Gasteiger partial charge in [0.1, 0.15) is 0 Å². The van der Waals surface area contributed by atoms with Crippen molar-refractivity contribution in [3.05, 3.63) is 0 Å². The van der Waals surface area contributed by atoms with Gasteiger partial charge in [-0.3, -0.25) is 9.80 Å². The van der Waals surface area contributed by atoms with E-state index in [-0.39, 0.29) is 11.1 Å². The Labute approximate surface area is 179 Å². The second-order valence-electron chi connectivity index (χ2n) is 11.8. The fraction of sp³-hybridized carbons (Fsp3) is 1.00. The summed E-state index contributed by atoms with van der Waals surface area (Å²) in [7, 11) is 0. The van der Waals surface area contributed by atoms with Crippen LogP contribution in [0.1, 0.15) is 92.4 Å². The van der Waals surface area contributed by atoms with Gasteiger partial charge in [0.05, 0.1) is 12.2 Å². The zero-order chi connectivity index (χ0) is 20.6. The number of ether oxygens (including phenoxy) is 2. The number of nitrogens with zero attached hydrogens (tertiary/aromatic N) is 2. The van der Waals surface area contributed by atoms with E-state index in [0.717, 1.165) is 19.1 Å². The van der Waals surface area contributed by atoms with Crippen molar-refractivity contribution in [3.8, 4) is 0 Å². The lowest BCUT2D eigenvalue weighted by Crippen LogP contribution is -2.56. The highest BCUT2D eigenvalue weighted by molar-refractivity contribution is 4.99. The fourth-order valence-electron chi connectivity index (χ4n) is 7.05. The molecule has 5 unspecified atom stereocenters. The molecule has 0 spiro atoms. The van der Waals surface area contributed by atoms with Crippen molar-refractivity contribution in [2.75, 3.05) is 26.3 Å². The van der Waals surface area contributed by atoms with Gasteiger partial charge in [0.25, 0.3) is 0 Å². The summed E-state index contributed by atoms with van der Waals surface area (Å²) in [5, 5.41) is 0. The maximum atomic E-state index is 6.44. The van der Waals surface area contributed by atoms with Gasteiger partial charge in [-0.1, -0.05) is 0 Å². The molecule has 0 aromatic heterocycles. The highest BCUT2D eigenvalue weighted by Crippen LogP contribution is 2.41. The van der Waals surface area contributed by atoms with E-state index in [1.807, 2.05) is 0 Å². The van der Waals surface area contributed by atoms with Crippen molar-refractivity contribution in [3.63, 3.8) is 0 Å². The maximum Gasteiger partial charge on any atom is 0.0733 e. The van der Waals surface area contributed by atoms with Gasteiger partial charge < -0.3 is 9.47 Å². The minimum absolute atomic E-state index is 0.242. The molecule has 2 aliphatic heterocycles. The molecule has 0 radical (unpaired) electrons. The summed E-state index contributed by atoms with van der Waals surface area (Å²) in [6.45, 7) is 16.5. The normalized spacial score (nSPS) is 38.2. The minimum Gasteiger partial charge on any atom is -0.377 e. The monoisotopic (exact) mass is 406 g/mol. The van der Waals surface area contributed by atoms with E-state index >= 15 is 0 Å². The Kier molecular flexibility index (Phi) is 6.66. The lowest BCUT2D eigenvalue weighted by molar-refractivity contribution is -0.0569. The Morgan fingerprint density at radius 3 is 2.10 bits per heavy atom. The van der Waals surface area contributed by atoms with Crippen molar-refractivity contribution in [1.82, 2.24) is 9.80 Å². The van der Waals surface area contributed by atoms with Crippen molar-refractivity contribution in [1.29, 1.82) is 0 Å². The molecule has 0 aromatic rings. The second kappa shape index (κ2) is 8.76. The Morgan fingerprint density at radius 1 is 0.724 bits per heavy atom. The van der Waals surface area contributed by atoms with Gasteiger partial charge in [0, 0.05) is 49.5 Å². The Morgan fingerprint density at radius 2 is 1.38 bits per heavy atom. The molecule has 0 bridgehead atoms. The summed E-state index contributed by atoms with van der Waals surface area (Å²) in [5.41, 5.74) is 0.499. The van der Waals surface area contributed by atoms with Gasteiger partial charge in [-0.05, 0) is 98.3 Å². The summed E-state index contributed by atoms with van der Waals surface area (Å²) < 4.78 is 12.6. The van der Waals surface area contributed by atoms with Crippen LogP contribution in [0.4, 0.5) is 0 Å². The molecular formula is C25H46N2O2. The van der Waals surface area contributed by atoms with Gasteiger partial charge in [0.15, 0.2) is 0 Å². The van der Waals surface area contributed by atoms with Gasteiger partial charge in [-0.15, -0.1) is 0 Å². The van der Waals surface area contributed by atoms with E-state index in [1.165, 1.54) is 70.9 Å². The lowest BCUT2D eigenvalue weighted by Gasteiger charge is -2.49. The topological polar surface area (TPSA) is 24.9 Å². The van der Waals surface area contributed by atoms with E-state index in [4.69, 9.17) is 9.47 Å². The molecule has 2 aliphatic carbocycles. The first-order valence-corrected chi connectivity index (χ1v) is 12.5. The number of hydrogen-bond donors (Lipinski definition) is 0. The average molecular weight is 407 g/mol. The highest BCUT2D eigenvalue weighted by Gasteiger charge is 2.44. The summed E-state index contributed by atoms with van der Waals surface area (Å²) in [6.07, 6.45) is 12.4. The summed E-state index contributed by atoms with van der Waals surface area (Å²) in [6, 6.07) is 1.26. The standard InChI is InChI=1S/C25H46N2O2/c1-24(2,3)26-13-7-16-29-23-17-19(11-12-21(23)26)18-25(4,5)27-14-8-15-28-22-10-6-9-20(22)27/h19-23H,6-18H2,1-5H3. The molecule has 4 aliphatic rings. The van der Waals surface area contributed by atoms with E-state index in [2.05, 4.69) is 44.4 Å². The summed E-state index contributed by atoms with van der Waals surface area (Å²) in [5.74, 6) is 0.787. The van der Waals surface area contributed by atoms with Crippen LogP contribution < -0.4 is 0 Å². The first kappa shape index (κ1) is 22.0. The molecule has 29 heavy (non-hydrogen) atoms. The molecule has 0 N–H and O–H groups in total. The van der Waals surface area contributed by atoms with Gasteiger partial charge in [-0.2, -0.15) is 0 Å². The molecule has 0 amide bonds. The van der Waals surface area contributed by atoms with Crippen molar-refractivity contribution < 1.29 is 9.47 Å². The molecule has 2 heterocycles. The molecule has 4 heteroatoms. The molecule has 5 atom stereocenters. The van der Waals surface area contributed by atoms with Gasteiger partial charge in [0.2, 0.25) is 0 Å². The average Bonchev–Trinajstić information content (AvgIpc) is 2.86. The van der Waals surface area contributed by atoms with E-state index in [0.29, 0.717) is 24.3 Å². The van der Waals surface area contributed by atoms with Crippen LogP contribution in [0.5, 0.6) is 0 Å². The molecule has 4 nitrogen and oxygen atoms in total. The van der Waals surface area contributed by atoms with Gasteiger partial charge in [-0.25, -0.2) is 0 Å². The first-order chi connectivity index (χ1) is 13.8. The lowest BCUT2D eigenvalue weighted by atomic mass is 9.75. The fourth-order valence-corrected chi connectivity index (χ4v) is 7.05. The summed E-state index contributed by atoms with van der Waals surface area (Å²) >= 11 is 0. The molecule has 2 saturated heterocycles. The molecular weight excluding hydrogens is 360 g/mol. The Balaban J connectivity index is 1.42. The van der Waals surface area contributed by atoms with E-state index in [1.54, 1.807) is 0 Å². The Bertz CT molecular complexity index is 543. The maximum absolute atomic E-state index is 6.44. The first-order valence-electron chi connectivity index (χ1n) is 12.5. The van der Waals surface area contributed by atoms with Gasteiger partial charge >= 0.3 is 0 Å². The quantitative estimate of drug-likeness (QED) is 0.668. The molecule has 4 rings (SSSR count). The smallest absolute Gasteiger partial charge is 0.0733 e. The zero-order valence-corrected chi connectivity index (χ0v) is 19.8. The molecule has 168 valence electrons. The van der Waals surface area contributed by atoms with Crippen LogP contribution in [0.15, 0.2) is 0 Å². The SMILES string of the molecule is CC(C)(C)N1CCCOC2CC(CC(C)(C)N3CCCOC4CCCC43)CCC21. The van der Waals surface area contributed by atoms with Crippen LogP contribution in [0.3, 0.4) is 0 Å². The second-order valence-corrected chi connectivity index (χ2v) is 11.8. The number of fused-ring (bicyclic) bond motifs is 2. The van der Waals surface area contributed by atoms with Crippen LogP contribution in [-0.4, -0.2) is 71.5 Å². The van der Waals surface area contributed by atoms with Crippen molar-refractivity contribution in [2.24, 2.45) is 5.92 Å². The predicted octanol–water partition coefficient (Wildman–Crippen LogP) is 4.86. The molecule has 2 saturated carbocycles. The third-order valence-corrected chi connectivity index (χ3v) is 8.26. The van der Waals surface area contributed by atoms with Crippen LogP contribution in [0.25, 0.3) is 0 Å². The predicted molar refractivity (Wildman–Crippen MR) is 119 cm³/mol. The van der Waals surface area contributed by atoms with Crippen LogP contribution in [0, 0.1) is 5.92 Å². The Hall–Kier alpha value is -0.160. The van der Waals surface area contributed by atoms with E-state index < -0.39 is 0 Å². The van der Waals surface area contributed by atoms with Crippen LogP contribution >= 0.6 is 0 Å². The highest BCUT2D eigenvalue weighted by atomic mass is 16.5. The third kappa shape index (κ3) is 4.86. The largest absolute Gasteiger partial charge is 0.377 e. The van der Waals surface area contributed by atoms with Crippen molar-refractivity contribution in [2.45, 2.75) is 128 Å². The number of hydrogen-bond acceptors (Lipinski definition) is 4. The summed E-state index contributed by atoms with van der Waals surface area (Å²) in [4.78, 5) is 5.60. The molecule has 0 aromatic carbocycles. The van der Waals surface area contributed by atoms with Crippen LogP contribution in [0.2, 0.25) is 0 Å². The minimum atomic E-state index is 0.242. The van der Waals surface area contributed by atoms with Crippen LogP contribution in [-0.2, 0) is 9.47 Å².